The first kappa shape index (κ1) is 16.2. The van der Waals surface area contributed by atoms with Crippen molar-refractivity contribution in [2.75, 3.05) is 6.61 Å². The van der Waals surface area contributed by atoms with Crippen LogP contribution < -0.4 is 5.32 Å². The summed E-state index contributed by atoms with van der Waals surface area (Å²) in [4.78, 5) is 11.6. The van der Waals surface area contributed by atoms with Gasteiger partial charge in [-0.1, -0.05) is 0 Å². The van der Waals surface area contributed by atoms with Crippen molar-refractivity contribution in [1.82, 2.24) is 5.32 Å². The summed E-state index contributed by atoms with van der Waals surface area (Å²) >= 11 is 0. The lowest BCUT2D eigenvalue weighted by Crippen LogP contribution is -2.42. The Balaban J connectivity index is 2.40. The molecule has 1 aliphatic heterocycles. The predicted molar refractivity (Wildman–Crippen MR) is 73.0 cm³/mol. The van der Waals surface area contributed by atoms with E-state index in [0.29, 0.717) is 6.42 Å². The van der Waals surface area contributed by atoms with Gasteiger partial charge in [0.15, 0.2) is 0 Å². The van der Waals surface area contributed by atoms with Crippen LogP contribution in [0, 0.1) is 0 Å². The van der Waals surface area contributed by atoms with Crippen LogP contribution in [0.4, 0.5) is 4.79 Å². The minimum absolute atomic E-state index is 0.0853. The second kappa shape index (κ2) is 6.09. The standard InChI is InChI=1S/C14H27NO4/c1-13(2,3)19-12(17)15-10(9-16)8-11-6-7-14(4,5)18-11/h10-11,16H,6-9H2,1-5H3,(H,15,17)/t10-,11+/m0/s1. The zero-order valence-electron chi connectivity index (χ0n) is 12.7. The highest BCUT2D eigenvalue weighted by molar-refractivity contribution is 5.68. The Labute approximate surface area is 115 Å². The van der Waals surface area contributed by atoms with E-state index in [9.17, 15) is 9.90 Å². The van der Waals surface area contributed by atoms with E-state index in [1.807, 2.05) is 20.8 Å². The minimum atomic E-state index is -0.532. The molecule has 19 heavy (non-hydrogen) atoms. The molecule has 0 radical (unpaired) electrons. The molecule has 0 aromatic carbocycles. The number of rotatable bonds is 4. The number of amides is 1. The van der Waals surface area contributed by atoms with Gasteiger partial charge in [0.1, 0.15) is 5.60 Å². The first-order valence-corrected chi connectivity index (χ1v) is 6.89. The van der Waals surface area contributed by atoms with Gasteiger partial charge in [-0.25, -0.2) is 4.79 Å². The predicted octanol–water partition coefficient (Wildman–Crippen LogP) is 2.22. The van der Waals surface area contributed by atoms with Crippen LogP contribution in [0.25, 0.3) is 0 Å². The Kier molecular flexibility index (Phi) is 5.21. The molecule has 1 aliphatic rings. The van der Waals surface area contributed by atoms with E-state index in [4.69, 9.17) is 9.47 Å². The molecule has 5 nitrogen and oxygen atoms in total. The van der Waals surface area contributed by atoms with Crippen LogP contribution in [0.15, 0.2) is 0 Å². The molecule has 1 heterocycles. The number of carbonyl (C=O) groups is 1. The lowest BCUT2D eigenvalue weighted by atomic mass is 10.0. The highest BCUT2D eigenvalue weighted by atomic mass is 16.6. The van der Waals surface area contributed by atoms with E-state index in [0.717, 1.165) is 12.8 Å². The highest BCUT2D eigenvalue weighted by Crippen LogP contribution is 2.31. The fraction of sp³-hybridized carbons (Fsp3) is 0.929. The van der Waals surface area contributed by atoms with Crippen LogP contribution in [0.5, 0.6) is 0 Å². The molecule has 112 valence electrons. The number of hydrogen-bond acceptors (Lipinski definition) is 4. The molecule has 2 N–H and O–H groups in total. The largest absolute Gasteiger partial charge is 0.444 e. The zero-order chi connectivity index (χ0) is 14.7. The summed E-state index contributed by atoms with van der Waals surface area (Å²) in [5, 5.41) is 12.0. The van der Waals surface area contributed by atoms with Crippen molar-refractivity contribution in [3.63, 3.8) is 0 Å². The second-order valence-electron chi connectivity index (χ2n) is 6.80. The number of hydrogen-bond donors (Lipinski definition) is 2. The van der Waals surface area contributed by atoms with Crippen molar-refractivity contribution in [2.24, 2.45) is 0 Å². The monoisotopic (exact) mass is 273 g/mol. The molecule has 0 bridgehead atoms. The van der Waals surface area contributed by atoms with Crippen molar-refractivity contribution in [3.05, 3.63) is 0 Å². The summed E-state index contributed by atoms with van der Waals surface area (Å²) < 4.78 is 11.0. The first-order valence-electron chi connectivity index (χ1n) is 6.89. The molecule has 0 aromatic heterocycles. The quantitative estimate of drug-likeness (QED) is 0.824. The summed E-state index contributed by atoms with van der Waals surface area (Å²) in [6, 6.07) is -0.325. The second-order valence-corrected chi connectivity index (χ2v) is 6.80. The number of aliphatic hydroxyl groups is 1. The summed E-state index contributed by atoms with van der Waals surface area (Å²) in [6.07, 6.45) is 2.16. The van der Waals surface area contributed by atoms with Gasteiger partial charge < -0.3 is 19.9 Å². The van der Waals surface area contributed by atoms with E-state index in [1.165, 1.54) is 0 Å². The molecule has 1 rings (SSSR count). The average molecular weight is 273 g/mol. The Morgan fingerprint density at radius 1 is 1.53 bits per heavy atom. The van der Waals surface area contributed by atoms with Crippen LogP contribution in [-0.2, 0) is 9.47 Å². The van der Waals surface area contributed by atoms with Gasteiger partial charge in [0.05, 0.1) is 24.4 Å². The number of carbonyl (C=O) groups excluding carboxylic acids is 1. The summed E-state index contributed by atoms with van der Waals surface area (Å²) in [7, 11) is 0. The Hall–Kier alpha value is -0.810. The minimum Gasteiger partial charge on any atom is -0.444 e. The SMILES string of the molecule is CC(C)(C)OC(=O)N[C@H](CO)C[C@H]1CCC(C)(C)O1. The number of nitrogens with one attached hydrogen (secondary N) is 1. The normalized spacial score (nSPS) is 24.0. The number of alkyl carbamates (subject to hydrolysis) is 1. The van der Waals surface area contributed by atoms with Gasteiger partial charge in [-0.05, 0) is 53.9 Å². The maximum absolute atomic E-state index is 11.6. The van der Waals surface area contributed by atoms with E-state index in [-0.39, 0.29) is 24.4 Å². The number of ether oxygens (including phenoxy) is 2. The Morgan fingerprint density at radius 3 is 2.58 bits per heavy atom. The Bertz CT molecular complexity index is 309. The third-order valence-electron chi connectivity index (χ3n) is 3.04. The molecule has 0 aromatic rings. The lowest BCUT2D eigenvalue weighted by Gasteiger charge is -2.25. The molecular weight excluding hydrogens is 246 g/mol. The lowest BCUT2D eigenvalue weighted by molar-refractivity contribution is -0.0249. The van der Waals surface area contributed by atoms with Gasteiger partial charge in [0.2, 0.25) is 0 Å². The maximum atomic E-state index is 11.6. The number of aliphatic hydroxyl groups excluding tert-OH is 1. The molecular formula is C14H27NO4. The van der Waals surface area contributed by atoms with Gasteiger partial charge >= 0.3 is 6.09 Å². The van der Waals surface area contributed by atoms with Gasteiger partial charge in [-0.15, -0.1) is 0 Å². The van der Waals surface area contributed by atoms with Crippen LogP contribution >= 0.6 is 0 Å². The summed E-state index contributed by atoms with van der Waals surface area (Å²) in [6.45, 7) is 9.43. The van der Waals surface area contributed by atoms with E-state index in [2.05, 4.69) is 19.2 Å². The van der Waals surface area contributed by atoms with Crippen LogP contribution in [0.3, 0.4) is 0 Å². The van der Waals surface area contributed by atoms with Crippen molar-refractivity contribution in [2.45, 2.75) is 77.2 Å². The van der Waals surface area contributed by atoms with Crippen molar-refractivity contribution in [1.29, 1.82) is 0 Å². The smallest absolute Gasteiger partial charge is 0.407 e. The topological polar surface area (TPSA) is 67.8 Å². The van der Waals surface area contributed by atoms with Gasteiger partial charge in [-0.3, -0.25) is 0 Å². The van der Waals surface area contributed by atoms with Crippen molar-refractivity contribution in [3.8, 4) is 0 Å². The van der Waals surface area contributed by atoms with Gasteiger partial charge in [0, 0.05) is 0 Å². The molecule has 5 heteroatoms. The van der Waals surface area contributed by atoms with Crippen LogP contribution in [-0.4, -0.2) is 41.2 Å². The van der Waals surface area contributed by atoms with Crippen molar-refractivity contribution >= 4 is 6.09 Å². The van der Waals surface area contributed by atoms with E-state index in [1.54, 1.807) is 0 Å². The average Bonchev–Trinajstić information content (AvgIpc) is 2.54. The maximum Gasteiger partial charge on any atom is 0.407 e. The molecule has 2 atom stereocenters. The van der Waals surface area contributed by atoms with E-state index < -0.39 is 11.7 Å². The van der Waals surface area contributed by atoms with Gasteiger partial charge in [0.25, 0.3) is 0 Å². The third kappa shape index (κ3) is 6.25. The van der Waals surface area contributed by atoms with Crippen molar-refractivity contribution < 1.29 is 19.4 Å². The highest BCUT2D eigenvalue weighted by Gasteiger charge is 2.33. The fourth-order valence-electron chi connectivity index (χ4n) is 2.21. The van der Waals surface area contributed by atoms with Gasteiger partial charge in [-0.2, -0.15) is 0 Å². The fourth-order valence-corrected chi connectivity index (χ4v) is 2.21. The third-order valence-corrected chi connectivity index (χ3v) is 3.04. The Morgan fingerprint density at radius 2 is 2.16 bits per heavy atom. The molecule has 1 saturated heterocycles. The molecule has 1 fully saturated rings. The summed E-state index contributed by atoms with van der Waals surface area (Å²) in [5.41, 5.74) is -0.632. The molecule has 0 aliphatic carbocycles. The van der Waals surface area contributed by atoms with Crippen LogP contribution in [0.2, 0.25) is 0 Å². The molecule has 0 unspecified atom stereocenters. The zero-order valence-corrected chi connectivity index (χ0v) is 12.7. The molecule has 1 amide bonds. The summed E-state index contributed by atoms with van der Waals surface area (Å²) in [5.74, 6) is 0. The molecule has 0 saturated carbocycles. The first-order chi connectivity index (χ1) is 8.61. The molecule has 0 spiro atoms. The van der Waals surface area contributed by atoms with Crippen LogP contribution in [0.1, 0.15) is 53.9 Å². The van der Waals surface area contributed by atoms with E-state index >= 15 is 0 Å².